The topological polar surface area (TPSA) is 57.6 Å². The number of carboxylic acid groups (broad SMARTS) is 1. The highest BCUT2D eigenvalue weighted by molar-refractivity contribution is 8.00. The van der Waals surface area contributed by atoms with Crippen LogP contribution in [0.25, 0.3) is 0 Å². The van der Waals surface area contributed by atoms with Gasteiger partial charge in [0.2, 0.25) is 5.91 Å². The summed E-state index contributed by atoms with van der Waals surface area (Å²) in [4.78, 5) is 24.0. The smallest absolute Gasteiger partial charge is 0.397 e. The Labute approximate surface area is 113 Å². The molecule has 1 unspecified atom stereocenters. The molecule has 0 saturated heterocycles. The molecule has 0 bridgehead atoms. The molecular weight excluding hydrogens is 283 g/mol. The van der Waals surface area contributed by atoms with Crippen LogP contribution in [0.2, 0.25) is 0 Å². The quantitative estimate of drug-likeness (QED) is 0.781. The van der Waals surface area contributed by atoms with E-state index in [2.05, 4.69) is 0 Å². The molecule has 110 valence electrons. The van der Waals surface area contributed by atoms with Crippen molar-refractivity contribution < 1.29 is 27.9 Å². The minimum atomic E-state index is -4.29. The van der Waals surface area contributed by atoms with E-state index in [0.717, 1.165) is 12.8 Å². The monoisotopic (exact) mass is 299 g/mol. The number of hydrogen-bond acceptors (Lipinski definition) is 3. The first-order valence-corrected chi connectivity index (χ1v) is 7.03. The fraction of sp³-hybridized carbons (Fsp3) is 0.818. The van der Waals surface area contributed by atoms with Gasteiger partial charge in [-0.2, -0.15) is 13.2 Å². The van der Waals surface area contributed by atoms with Crippen LogP contribution >= 0.6 is 11.8 Å². The predicted octanol–water partition coefficient (Wildman–Crippen LogP) is 1.99. The van der Waals surface area contributed by atoms with Crippen LogP contribution in [0.15, 0.2) is 0 Å². The second kappa shape index (κ2) is 6.49. The molecule has 1 aliphatic rings. The van der Waals surface area contributed by atoms with Crippen LogP contribution < -0.4 is 0 Å². The van der Waals surface area contributed by atoms with E-state index < -0.39 is 29.7 Å². The van der Waals surface area contributed by atoms with Gasteiger partial charge in [-0.3, -0.25) is 9.59 Å². The fourth-order valence-corrected chi connectivity index (χ4v) is 2.22. The van der Waals surface area contributed by atoms with Crippen LogP contribution in [0.5, 0.6) is 0 Å². The Morgan fingerprint density at radius 1 is 1.42 bits per heavy atom. The summed E-state index contributed by atoms with van der Waals surface area (Å²) in [5.41, 5.74) is 0. The van der Waals surface area contributed by atoms with E-state index in [0.29, 0.717) is 11.8 Å². The maximum atomic E-state index is 12.0. The van der Waals surface area contributed by atoms with Crippen LogP contribution in [0, 0.1) is 5.92 Å². The van der Waals surface area contributed by atoms with Crippen molar-refractivity contribution in [3.05, 3.63) is 0 Å². The number of amides is 1. The van der Waals surface area contributed by atoms with Crippen molar-refractivity contribution in [2.75, 3.05) is 18.1 Å². The van der Waals surface area contributed by atoms with Crippen molar-refractivity contribution in [3.8, 4) is 0 Å². The summed E-state index contributed by atoms with van der Waals surface area (Å²) in [7, 11) is 0. The lowest BCUT2D eigenvalue weighted by molar-refractivity contribution is -0.142. The van der Waals surface area contributed by atoms with Gasteiger partial charge in [0.25, 0.3) is 0 Å². The lowest BCUT2D eigenvalue weighted by Crippen LogP contribution is -2.39. The van der Waals surface area contributed by atoms with Crippen LogP contribution in [-0.4, -0.2) is 52.2 Å². The van der Waals surface area contributed by atoms with Gasteiger partial charge < -0.3 is 10.0 Å². The van der Waals surface area contributed by atoms with Gasteiger partial charge in [0.05, 0.1) is 17.4 Å². The molecule has 0 spiro atoms. The SMILES string of the molecule is CC(CN(C(=O)CSCC(F)(F)F)C1CC1)C(=O)O. The Balaban J connectivity index is 2.43. The van der Waals surface area contributed by atoms with Crippen LogP contribution in [0.3, 0.4) is 0 Å². The minimum Gasteiger partial charge on any atom is -0.481 e. The Morgan fingerprint density at radius 2 is 2.00 bits per heavy atom. The van der Waals surface area contributed by atoms with Crippen molar-refractivity contribution in [1.29, 1.82) is 0 Å². The average molecular weight is 299 g/mol. The molecule has 1 aliphatic carbocycles. The summed E-state index contributed by atoms with van der Waals surface area (Å²) in [5.74, 6) is -3.46. The third kappa shape index (κ3) is 6.17. The molecule has 1 atom stereocenters. The van der Waals surface area contributed by atoms with E-state index in [1.165, 1.54) is 11.8 Å². The van der Waals surface area contributed by atoms with Gasteiger partial charge in [-0.25, -0.2) is 0 Å². The van der Waals surface area contributed by atoms with Crippen molar-refractivity contribution in [2.45, 2.75) is 32.0 Å². The molecule has 0 aromatic rings. The van der Waals surface area contributed by atoms with Gasteiger partial charge in [0, 0.05) is 12.6 Å². The first kappa shape index (κ1) is 16.1. The molecule has 0 heterocycles. The molecule has 0 radical (unpaired) electrons. The number of carbonyl (C=O) groups excluding carboxylic acids is 1. The highest BCUT2D eigenvalue weighted by Gasteiger charge is 2.35. The van der Waals surface area contributed by atoms with Crippen LogP contribution in [0.1, 0.15) is 19.8 Å². The summed E-state index contributed by atoms with van der Waals surface area (Å²) in [5, 5.41) is 8.81. The fourth-order valence-electron chi connectivity index (χ4n) is 1.55. The summed E-state index contributed by atoms with van der Waals surface area (Å²) in [6.07, 6.45) is -2.70. The molecule has 1 N–H and O–H groups in total. The van der Waals surface area contributed by atoms with Crippen molar-refractivity contribution in [2.24, 2.45) is 5.92 Å². The zero-order chi connectivity index (χ0) is 14.6. The number of thioether (sulfide) groups is 1. The van der Waals surface area contributed by atoms with Crippen LogP contribution in [-0.2, 0) is 9.59 Å². The largest absolute Gasteiger partial charge is 0.481 e. The molecule has 19 heavy (non-hydrogen) atoms. The summed E-state index contributed by atoms with van der Waals surface area (Å²) < 4.78 is 35.9. The van der Waals surface area contributed by atoms with E-state index in [1.54, 1.807) is 0 Å². The Kier molecular flexibility index (Phi) is 5.51. The van der Waals surface area contributed by atoms with E-state index in [4.69, 9.17) is 5.11 Å². The van der Waals surface area contributed by atoms with Gasteiger partial charge in [0.15, 0.2) is 0 Å². The molecule has 0 aromatic carbocycles. The Morgan fingerprint density at radius 3 is 2.42 bits per heavy atom. The lowest BCUT2D eigenvalue weighted by Gasteiger charge is -2.24. The molecule has 1 fully saturated rings. The summed E-state index contributed by atoms with van der Waals surface area (Å²) >= 11 is 0.514. The maximum Gasteiger partial charge on any atom is 0.397 e. The predicted molar refractivity (Wildman–Crippen MR) is 64.9 cm³/mol. The van der Waals surface area contributed by atoms with E-state index in [9.17, 15) is 22.8 Å². The molecule has 1 rings (SSSR count). The summed E-state index contributed by atoms with van der Waals surface area (Å²) in [6.45, 7) is 1.54. The maximum absolute atomic E-state index is 12.0. The molecule has 0 aromatic heterocycles. The number of carbonyl (C=O) groups is 2. The first-order chi connectivity index (χ1) is 8.70. The van der Waals surface area contributed by atoms with Gasteiger partial charge in [-0.15, -0.1) is 11.8 Å². The van der Waals surface area contributed by atoms with E-state index in [1.807, 2.05) is 0 Å². The number of alkyl halides is 3. The zero-order valence-corrected chi connectivity index (χ0v) is 11.3. The van der Waals surface area contributed by atoms with Crippen molar-refractivity contribution in [1.82, 2.24) is 4.90 Å². The Bertz CT molecular complexity index is 345. The van der Waals surface area contributed by atoms with Gasteiger partial charge in [0.1, 0.15) is 0 Å². The number of rotatable bonds is 7. The normalized spacial score (nSPS) is 17.1. The van der Waals surface area contributed by atoms with Crippen molar-refractivity contribution in [3.63, 3.8) is 0 Å². The minimum absolute atomic E-state index is 0.000728. The standard InChI is InChI=1S/C11H16F3NO3S/c1-7(10(17)18)4-15(8-2-3-8)9(16)5-19-6-11(12,13)14/h7-8H,2-6H2,1H3,(H,17,18). The number of carboxylic acids is 1. The highest BCUT2D eigenvalue weighted by atomic mass is 32.2. The number of hydrogen-bond donors (Lipinski definition) is 1. The van der Waals surface area contributed by atoms with Gasteiger partial charge in [-0.1, -0.05) is 6.92 Å². The second-order valence-corrected chi connectivity index (χ2v) is 5.61. The molecule has 8 heteroatoms. The van der Waals surface area contributed by atoms with E-state index in [-0.39, 0.29) is 18.3 Å². The number of aliphatic carboxylic acids is 1. The molecule has 0 aliphatic heterocycles. The second-order valence-electron chi connectivity index (χ2n) is 4.62. The van der Waals surface area contributed by atoms with Crippen molar-refractivity contribution >= 4 is 23.6 Å². The lowest BCUT2D eigenvalue weighted by atomic mass is 10.1. The Hall–Kier alpha value is -0.920. The zero-order valence-electron chi connectivity index (χ0n) is 10.4. The first-order valence-electron chi connectivity index (χ1n) is 5.87. The molecular formula is C11H16F3NO3S. The summed E-state index contributed by atoms with van der Waals surface area (Å²) in [6, 6.07) is 0.000728. The van der Waals surface area contributed by atoms with Crippen LogP contribution in [0.4, 0.5) is 13.2 Å². The third-order valence-corrected chi connectivity index (χ3v) is 3.67. The van der Waals surface area contributed by atoms with Gasteiger partial charge >= 0.3 is 12.1 Å². The number of nitrogens with zero attached hydrogens (tertiary/aromatic N) is 1. The molecule has 1 saturated carbocycles. The van der Waals surface area contributed by atoms with Gasteiger partial charge in [-0.05, 0) is 12.8 Å². The molecule has 1 amide bonds. The third-order valence-electron chi connectivity index (χ3n) is 2.69. The molecule has 4 nitrogen and oxygen atoms in total. The van der Waals surface area contributed by atoms with E-state index >= 15 is 0 Å². The highest BCUT2D eigenvalue weighted by Crippen LogP contribution is 2.29. The number of halogens is 3. The average Bonchev–Trinajstić information content (AvgIpc) is 3.06.